The molecule has 0 aromatic heterocycles. The van der Waals surface area contributed by atoms with Gasteiger partial charge in [0.25, 0.3) is 10.0 Å². The Hall–Kier alpha value is -3.27. The predicted octanol–water partition coefficient (Wildman–Crippen LogP) is 5.14. The van der Waals surface area contributed by atoms with Crippen molar-refractivity contribution in [2.24, 2.45) is 0 Å². The first kappa shape index (κ1) is 30.3. The largest absolute Gasteiger partial charge is 0.495 e. The summed E-state index contributed by atoms with van der Waals surface area (Å²) >= 11 is 12.5. The minimum Gasteiger partial charge on any atom is -0.495 e. The molecule has 208 valence electrons. The van der Waals surface area contributed by atoms with E-state index >= 15 is 0 Å². The molecule has 11 heteroatoms. The summed E-state index contributed by atoms with van der Waals surface area (Å²) in [7, 11) is -2.75. The number of nitrogens with zero attached hydrogens (tertiary/aromatic N) is 2. The molecule has 3 aromatic rings. The lowest BCUT2D eigenvalue weighted by Gasteiger charge is -2.32. The van der Waals surface area contributed by atoms with Gasteiger partial charge < -0.3 is 15.0 Å². The van der Waals surface area contributed by atoms with Crippen molar-refractivity contribution in [3.8, 4) is 5.75 Å². The van der Waals surface area contributed by atoms with Gasteiger partial charge in [0.1, 0.15) is 18.3 Å². The second-order valence-corrected chi connectivity index (χ2v) is 11.5. The van der Waals surface area contributed by atoms with Gasteiger partial charge in [0, 0.05) is 18.1 Å². The van der Waals surface area contributed by atoms with Gasteiger partial charge >= 0.3 is 0 Å². The van der Waals surface area contributed by atoms with Crippen molar-refractivity contribution in [1.82, 2.24) is 10.2 Å². The van der Waals surface area contributed by atoms with E-state index in [0.717, 1.165) is 10.7 Å². The smallest absolute Gasteiger partial charge is 0.264 e. The van der Waals surface area contributed by atoms with E-state index in [1.165, 1.54) is 42.3 Å². The summed E-state index contributed by atoms with van der Waals surface area (Å²) in [6, 6.07) is 18.3. The maximum atomic E-state index is 13.9. The predicted molar refractivity (Wildman–Crippen MR) is 154 cm³/mol. The number of methoxy groups -OCH3 is 1. The maximum Gasteiger partial charge on any atom is 0.264 e. The zero-order valence-electron chi connectivity index (χ0n) is 21.9. The van der Waals surface area contributed by atoms with Crippen LogP contribution in [-0.4, -0.2) is 51.4 Å². The first-order valence-electron chi connectivity index (χ1n) is 12.3. The van der Waals surface area contributed by atoms with E-state index in [4.69, 9.17) is 27.9 Å². The summed E-state index contributed by atoms with van der Waals surface area (Å²) in [5.74, 6) is -0.578. The van der Waals surface area contributed by atoms with Gasteiger partial charge in [0.2, 0.25) is 11.8 Å². The van der Waals surface area contributed by atoms with Crippen LogP contribution >= 0.6 is 23.2 Å². The second-order valence-electron chi connectivity index (χ2n) is 8.76. The van der Waals surface area contributed by atoms with Crippen molar-refractivity contribution in [2.45, 2.75) is 37.8 Å². The second kappa shape index (κ2) is 13.7. The first-order valence-corrected chi connectivity index (χ1v) is 14.5. The lowest BCUT2D eigenvalue weighted by atomic mass is 10.1. The number of benzene rings is 3. The van der Waals surface area contributed by atoms with E-state index in [-0.39, 0.29) is 28.1 Å². The Balaban J connectivity index is 2.04. The van der Waals surface area contributed by atoms with Gasteiger partial charge in [-0.1, -0.05) is 60.5 Å². The van der Waals surface area contributed by atoms with E-state index < -0.39 is 28.5 Å². The molecule has 0 saturated heterocycles. The van der Waals surface area contributed by atoms with Crippen LogP contribution in [0.2, 0.25) is 10.0 Å². The number of hydrogen-bond donors (Lipinski definition) is 1. The van der Waals surface area contributed by atoms with E-state index in [1.54, 1.807) is 49.4 Å². The molecule has 0 aliphatic carbocycles. The monoisotopic (exact) mass is 591 g/mol. The summed E-state index contributed by atoms with van der Waals surface area (Å²) in [5.41, 5.74) is 0.861. The Morgan fingerprint density at radius 3 is 2.33 bits per heavy atom. The van der Waals surface area contributed by atoms with Crippen molar-refractivity contribution < 1.29 is 22.7 Å². The van der Waals surface area contributed by atoms with Crippen molar-refractivity contribution >= 4 is 50.7 Å². The maximum absolute atomic E-state index is 13.9. The molecule has 0 radical (unpaired) electrons. The lowest BCUT2D eigenvalue weighted by Crippen LogP contribution is -2.51. The molecule has 0 unspecified atom stereocenters. The topological polar surface area (TPSA) is 96.0 Å². The number of anilines is 1. The van der Waals surface area contributed by atoms with Crippen molar-refractivity contribution in [2.75, 3.05) is 24.5 Å². The molecule has 3 aromatic carbocycles. The molecule has 0 aliphatic heterocycles. The number of halogens is 2. The first-order chi connectivity index (χ1) is 18.6. The fourth-order valence-electron chi connectivity index (χ4n) is 3.87. The van der Waals surface area contributed by atoms with Gasteiger partial charge in [-0.05, 0) is 61.4 Å². The van der Waals surface area contributed by atoms with E-state index in [9.17, 15) is 18.0 Å². The molecule has 0 saturated carbocycles. The number of rotatable bonds is 12. The number of carbonyl (C=O) groups excluding carboxylic acids is 2. The zero-order chi connectivity index (χ0) is 28.6. The number of sulfonamides is 1. The highest BCUT2D eigenvalue weighted by Crippen LogP contribution is 2.32. The SMILES string of the molecule is CCCNC(=O)[C@@H](C)N(Cc1cccc(Cl)c1)C(=O)CN(c1ccc(OC)c(Cl)c1)S(=O)(=O)c1ccccc1. The molecule has 0 aliphatic rings. The Labute approximate surface area is 239 Å². The Morgan fingerprint density at radius 1 is 1.00 bits per heavy atom. The van der Waals surface area contributed by atoms with Crippen molar-refractivity contribution in [3.63, 3.8) is 0 Å². The highest BCUT2D eigenvalue weighted by Gasteiger charge is 2.32. The van der Waals surface area contributed by atoms with Gasteiger partial charge in [0.05, 0.1) is 22.7 Å². The third-order valence-electron chi connectivity index (χ3n) is 5.99. The fraction of sp³-hybridized carbons (Fsp3) is 0.286. The normalized spacial score (nSPS) is 11.9. The molecule has 3 rings (SSSR count). The van der Waals surface area contributed by atoms with Crippen LogP contribution in [0, 0.1) is 0 Å². The minimum atomic E-state index is -4.19. The van der Waals surface area contributed by atoms with Crippen molar-refractivity contribution in [1.29, 1.82) is 0 Å². The van der Waals surface area contributed by atoms with Gasteiger partial charge in [-0.15, -0.1) is 0 Å². The van der Waals surface area contributed by atoms with Crippen LogP contribution in [0.4, 0.5) is 5.69 Å². The minimum absolute atomic E-state index is 0.000121. The van der Waals surface area contributed by atoms with Crippen LogP contribution in [0.1, 0.15) is 25.8 Å². The molecule has 0 spiro atoms. The van der Waals surface area contributed by atoms with E-state index in [1.807, 2.05) is 6.92 Å². The standard InChI is InChI=1S/C28H31Cl2N3O5S/c1-4-15-31-28(35)20(2)32(18-21-9-8-10-22(29)16-21)27(34)19-33(23-13-14-26(38-3)25(30)17-23)39(36,37)24-11-6-5-7-12-24/h5-14,16-17,20H,4,15,18-19H2,1-3H3,(H,31,35)/t20-/m1/s1. The average Bonchev–Trinajstić information content (AvgIpc) is 2.93. The highest BCUT2D eigenvalue weighted by molar-refractivity contribution is 7.92. The van der Waals surface area contributed by atoms with Gasteiger partial charge in [-0.25, -0.2) is 8.42 Å². The summed E-state index contributed by atoms with van der Waals surface area (Å²) in [6.45, 7) is 3.44. The van der Waals surface area contributed by atoms with Crippen LogP contribution in [-0.2, 0) is 26.2 Å². The number of carbonyl (C=O) groups is 2. The molecule has 0 heterocycles. The van der Waals surface area contributed by atoms with E-state index in [0.29, 0.717) is 22.9 Å². The average molecular weight is 593 g/mol. The van der Waals surface area contributed by atoms with Gasteiger partial charge in [-0.2, -0.15) is 0 Å². The molecule has 0 bridgehead atoms. The lowest BCUT2D eigenvalue weighted by molar-refractivity contribution is -0.139. The Bertz CT molecular complexity index is 1400. The summed E-state index contributed by atoms with van der Waals surface area (Å²) in [5, 5.41) is 3.46. The van der Waals surface area contributed by atoms with Crippen LogP contribution < -0.4 is 14.4 Å². The molecule has 1 atom stereocenters. The number of ether oxygens (including phenoxy) is 1. The number of nitrogens with one attached hydrogen (secondary N) is 1. The quantitative estimate of drug-likeness (QED) is 0.314. The Morgan fingerprint density at radius 2 is 1.72 bits per heavy atom. The van der Waals surface area contributed by atoms with Crippen molar-refractivity contribution in [3.05, 3.63) is 88.4 Å². The van der Waals surface area contributed by atoms with Gasteiger partial charge in [0.15, 0.2) is 0 Å². The third-order valence-corrected chi connectivity index (χ3v) is 8.31. The third kappa shape index (κ3) is 7.65. The molecule has 1 N–H and O–H groups in total. The summed E-state index contributed by atoms with van der Waals surface area (Å²) in [4.78, 5) is 28.1. The molecule has 39 heavy (non-hydrogen) atoms. The van der Waals surface area contributed by atoms with Crippen LogP contribution in [0.3, 0.4) is 0 Å². The van der Waals surface area contributed by atoms with E-state index in [2.05, 4.69) is 5.32 Å². The fourth-order valence-corrected chi connectivity index (χ4v) is 5.76. The molecular formula is C28H31Cl2N3O5S. The van der Waals surface area contributed by atoms with Crippen LogP contribution in [0.15, 0.2) is 77.7 Å². The summed E-state index contributed by atoms with van der Waals surface area (Å²) < 4.78 is 33.8. The highest BCUT2D eigenvalue weighted by atomic mass is 35.5. The molecular weight excluding hydrogens is 561 g/mol. The van der Waals surface area contributed by atoms with Crippen LogP contribution in [0.5, 0.6) is 5.75 Å². The zero-order valence-corrected chi connectivity index (χ0v) is 24.3. The van der Waals surface area contributed by atoms with Crippen LogP contribution in [0.25, 0.3) is 0 Å². The molecule has 8 nitrogen and oxygen atoms in total. The number of hydrogen-bond acceptors (Lipinski definition) is 5. The number of amides is 2. The molecule has 2 amide bonds. The summed E-state index contributed by atoms with van der Waals surface area (Å²) in [6.07, 6.45) is 0.724. The Kier molecular flexibility index (Phi) is 10.6. The molecule has 0 fully saturated rings. The van der Waals surface area contributed by atoms with Gasteiger partial charge in [-0.3, -0.25) is 13.9 Å².